The SMILES string of the molecule is O=C(CCCc1ccccc1)N1CCN(C(=O)c2ccccc2SCc2cn3ccccc3n2)CC1. The number of carbonyl (C=O) groups excluding carboxylic acids is 2. The molecule has 1 aliphatic rings. The van der Waals surface area contributed by atoms with Crippen molar-refractivity contribution in [2.45, 2.75) is 29.9 Å². The van der Waals surface area contributed by atoms with Gasteiger partial charge in [0.1, 0.15) is 5.65 Å². The molecule has 0 radical (unpaired) electrons. The summed E-state index contributed by atoms with van der Waals surface area (Å²) in [5.74, 6) is 0.905. The van der Waals surface area contributed by atoms with Crippen LogP contribution >= 0.6 is 11.8 Å². The van der Waals surface area contributed by atoms with Gasteiger partial charge in [-0.3, -0.25) is 9.59 Å². The number of thioether (sulfide) groups is 1. The van der Waals surface area contributed by atoms with Crippen molar-refractivity contribution in [1.29, 1.82) is 0 Å². The molecule has 2 aromatic carbocycles. The zero-order chi connectivity index (χ0) is 24.7. The van der Waals surface area contributed by atoms with E-state index in [2.05, 4.69) is 17.1 Å². The summed E-state index contributed by atoms with van der Waals surface area (Å²) in [6, 6.07) is 24.0. The highest BCUT2D eigenvalue weighted by Crippen LogP contribution is 2.27. The van der Waals surface area contributed by atoms with Gasteiger partial charge in [-0.25, -0.2) is 4.98 Å². The fourth-order valence-electron chi connectivity index (χ4n) is 4.55. The molecule has 0 unspecified atom stereocenters. The molecule has 2 amide bonds. The lowest BCUT2D eigenvalue weighted by molar-refractivity contribution is -0.132. The zero-order valence-electron chi connectivity index (χ0n) is 20.3. The summed E-state index contributed by atoms with van der Waals surface area (Å²) in [6.45, 7) is 2.31. The van der Waals surface area contributed by atoms with Gasteiger partial charge in [-0.1, -0.05) is 48.5 Å². The standard InChI is InChI=1S/C29H30N4O2S/c34-28(15-8-11-23-9-2-1-3-10-23)31-17-19-32(20-18-31)29(35)25-12-4-5-13-26(25)36-22-24-21-33-16-7-6-14-27(33)30-24/h1-7,9-10,12-14,16,21H,8,11,15,17-20,22H2. The fourth-order valence-corrected chi connectivity index (χ4v) is 5.48. The first-order chi connectivity index (χ1) is 17.7. The summed E-state index contributed by atoms with van der Waals surface area (Å²) < 4.78 is 2.01. The van der Waals surface area contributed by atoms with E-state index in [1.165, 1.54) is 5.56 Å². The Morgan fingerprint density at radius 2 is 1.56 bits per heavy atom. The minimum atomic E-state index is 0.0317. The predicted octanol–water partition coefficient (Wildman–Crippen LogP) is 4.93. The van der Waals surface area contributed by atoms with Crippen LogP contribution in [0.5, 0.6) is 0 Å². The lowest BCUT2D eigenvalue weighted by atomic mass is 10.1. The topological polar surface area (TPSA) is 57.9 Å². The summed E-state index contributed by atoms with van der Waals surface area (Å²) in [6.07, 6.45) is 6.32. The Kier molecular flexibility index (Phi) is 7.67. The van der Waals surface area contributed by atoms with Crippen molar-refractivity contribution in [2.24, 2.45) is 0 Å². The molecule has 36 heavy (non-hydrogen) atoms. The highest BCUT2D eigenvalue weighted by molar-refractivity contribution is 7.98. The predicted molar refractivity (Wildman–Crippen MR) is 143 cm³/mol. The van der Waals surface area contributed by atoms with E-state index in [1.54, 1.807) is 11.8 Å². The molecule has 2 aromatic heterocycles. The van der Waals surface area contributed by atoms with E-state index in [-0.39, 0.29) is 11.8 Å². The molecule has 1 saturated heterocycles. The third-order valence-corrected chi connectivity index (χ3v) is 7.63. The van der Waals surface area contributed by atoms with Gasteiger partial charge >= 0.3 is 0 Å². The van der Waals surface area contributed by atoms with Gasteiger partial charge in [0.25, 0.3) is 5.91 Å². The van der Waals surface area contributed by atoms with Crippen molar-refractivity contribution < 1.29 is 9.59 Å². The zero-order valence-corrected chi connectivity index (χ0v) is 21.1. The Balaban J connectivity index is 1.13. The number of nitrogens with zero attached hydrogens (tertiary/aromatic N) is 4. The first kappa shape index (κ1) is 24.1. The molecule has 0 atom stereocenters. The molecule has 1 fully saturated rings. The minimum Gasteiger partial charge on any atom is -0.339 e. The summed E-state index contributed by atoms with van der Waals surface area (Å²) in [5, 5.41) is 0. The molecular weight excluding hydrogens is 468 g/mol. The number of hydrogen-bond donors (Lipinski definition) is 0. The molecule has 7 heteroatoms. The van der Waals surface area contributed by atoms with Gasteiger partial charge in [0.2, 0.25) is 5.91 Å². The van der Waals surface area contributed by atoms with Crippen LogP contribution in [0.25, 0.3) is 5.65 Å². The van der Waals surface area contributed by atoms with Crippen LogP contribution in [0.4, 0.5) is 0 Å². The molecule has 0 spiro atoms. The van der Waals surface area contributed by atoms with Crippen LogP contribution in [-0.4, -0.2) is 57.2 Å². The molecule has 1 aliphatic heterocycles. The number of hydrogen-bond acceptors (Lipinski definition) is 4. The molecule has 4 aromatic rings. The number of pyridine rings is 1. The Morgan fingerprint density at radius 3 is 2.36 bits per heavy atom. The number of amides is 2. The molecule has 0 aliphatic carbocycles. The van der Waals surface area contributed by atoms with Crippen LogP contribution in [0.15, 0.2) is 90.1 Å². The lowest BCUT2D eigenvalue weighted by Gasteiger charge is -2.35. The average Bonchev–Trinajstić information content (AvgIpc) is 3.35. The summed E-state index contributed by atoms with van der Waals surface area (Å²) in [5.41, 5.74) is 3.88. The first-order valence-corrected chi connectivity index (χ1v) is 13.4. The van der Waals surface area contributed by atoms with Crippen LogP contribution < -0.4 is 0 Å². The van der Waals surface area contributed by atoms with Gasteiger partial charge < -0.3 is 14.2 Å². The Hall–Kier alpha value is -3.58. The van der Waals surface area contributed by atoms with Gasteiger partial charge in [0.05, 0.1) is 11.3 Å². The summed E-state index contributed by atoms with van der Waals surface area (Å²) in [7, 11) is 0. The van der Waals surface area contributed by atoms with Gasteiger partial charge in [0, 0.05) is 55.6 Å². The number of rotatable bonds is 8. The molecule has 5 rings (SSSR count). The van der Waals surface area contributed by atoms with Crippen LogP contribution in [-0.2, 0) is 17.0 Å². The second kappa shape index (κ2) is 11.4. The first-order valence-electron chi connectivity index (χ1n) is 12.4. The number of fused-ring (bicyclic) bond motifs is 1. The number of imidazole rings is 1. The molecule has 3 heterocycles. The van der Waals surface area contributed by atoms with E-state index in [0.29, 0.717) is 43.9 Å². The molecule has 6 nitrogen and oxygen atoms in total. The quantitative estimate of drug-likeness (QED) is 0.323. The largest absolute Gasteiger partial charge is 0.339 e. The molecular formula is C29H30N4O2S. The normalized spacial score (nSPS) is 13.8. The summed E-state index contributed by atoms with van der Waals surface area (Å²) >= 11 is 1.63. The van der Waals surface area contributed by atoms with Gasteiger partial charge in [-0.2, -0.15) is 0 Å². The lowest BCUT2D eigenvalue weighted by Crippen LogP contribution is -2.50. The second-order valence-corrected chi connectivity index (χ2v) is 10.0. The number of piperazine rings is 1. The van der Waals surface area contributed by atoms with Crippen molar-refractivity contribution in [3.05, 3.63) is 102 Å². The van der Waals surface area contributed by atoms with Gasteiger partial charge in [-0.05, 0) is 42.7 Å². The van der Waals surface area contributed by atoms with Crippen LogP contribution in [0.1, 0.15) is 34.5 Å². The van der Waals surface area contributed by atoms with Crippen LogP contribution in [0, 0.1) is 0 Å². The van der Waals surface area contributed by atoms with E-state index in [9.17, 15) is 9.59 Å². The van der Waals surface area contributed by atoms with E-state index >= 15 is 0 Å². The highest BCUT2D eigenvalue weighted by Gasteiger charge is 2.26. The molecule has 184 valence electrons. The fraction of sp³-hybridized carbons (Fsp3) is 0.276. The second-order valence-electron chi connectivity index (χ2n) is 9.00. The Bertz CT molecular complexity index is 1300. The Morgan fingerprint density at radius 1 is 0.833 bits per heavy atom. The van der Waals surface area contributed by atoms with Crippen molar-refractivity contribution in [3.63, 3.8) is 0 Å². The van der Waals surface area contributed by atoms with E-state index in [4.69, 9.17) is 0 Å². The maximum atomic E-state index is 13.4. The Labute approximate surface area is 215 Å². The number of carbonyl (C=O) groups is 2. The van der Waals surface area contributed by atoms with E-state index in [0.717, 1.165) is 29.1 Å². The monoisotopic (exact) mass is 498 g/mol. The van der Waals surface area contributed by atoms with Crippen LogP contribution in [0.3, 0.4) is 0 Å². The molecule has 0 N–H and O–H groups in total. The minimum absolute atomic E-state index is 0.0317. The van der Waals surface area contributed by atoms with Crippen molar-refractivity contribution in [2.75, 3.05) is 26.2 Å². The average molecular weight is 499 g/mol. The number of aromatic nitrogens is 2. The maximum Gasteiger partial charge on any atom is 0.255 e. The van der Waals surface area contributed by atoms with Crippen LogP contribution in [0.2, 0.25) is 0 Å². The van der Waals surface area contributed by atoms with Crippen molar-refractivity contribution in [1.82, 2.24) is 19.2 Å². The van der Waals surface area contributed by atoms with Crippen molar-refractivity contribution in [3.8, 4) is 0 Å². The molecule has 0 bridgehead atoms. The maximum absolute atomic E-state index is 13.4. The van der Waals surface area contributed by atoms with Gasteiger partial charge in [0.15, 0.2) is 0 Å². The third-order valence-electron chi connectivity index (χ3n) is 6.53. The third kappa shape index (κ3) is 5.79. The van der Waals surface area contributed by atoms with E-state index < -0.39 is 0 Å². The molecule has 0 saturated carbocycles. The van der Waals surface area contributed by atoms with Gasteiger partial charge in [-0.15, -0.1) is 11.8 Å². The summed E-state index contributed by atoms with van der Waals surface area (Å²) in [4.78, 5) is 35.4. The highest BCUT2D eigenvalue weighted by atomic mass is 32.2. The smallest absolute Gasteiger partial charge is 0.255 e. The van der Waals surface area contributed by atoms with Crippen molar-refractivity contribution >= 4 is 29.2 Å². The number of benzene rings is 2. The van der Waals surface area contributed by atoms with E-state index in [1.807, 2.05) is 87.3 Å². The number of aryl methyl sites for hydroxylation is 1.